The van der Waals surface area contributed by atoms with Gasteiger partial charge in [-0.2, -0.15) is 9.78 Å². The highest BCUT2D eigenvalue weighted by molar-refractivity contribution is 7.20. The molecule has 2 aromatic heterocycles. The summed E-state index contributed by atoms with van der Waals surface area (Å²) in [5.74, 6) is 1.16. The molecule has 27 heavy (non-hydrogen) atoms. The summed E-state index contributed by atoms with van der Waals surface area (Å²) >= 11 is 1.50. The Morgan fingerprint density at radius 3 is 2.63 bits per heavy atom. The molecule has 4 rings (SSSR count). The average Bonchev–Trinajstić information content (AvgIpc) is 3.24. The number of hydrogen-bond donors (Lipinski definition) is 1. The molecule has 0 saturated heterocycles. The number of thiazole rings is 1. The van der Waals surface area contributed by atoms with Crippen molar-refractivity contribution in [3.05, 3.63) is 65.4 Å². The first-order valence-corrected chi connectivity index (χ1v) is 9.25. The number of carbonyl (C=O) groups is 1. The Hall–Kier alpha value is -3.19. The molecule has 2 heterocycles. The number of nitrogens with zero attached hydrogens (tertiary/aromatic N) is 3. The van der Waals surface area contributed by atoms with Crippen LogP contribution >= 0.6 is 11.3 Å². The zero-order chi connectivity index (χ0) is 19.0. The summed E-state index contributed by atoms with van der Waals surface area (Å²) in [6, 6.07) is 15.0. The molecular formula is C20H18N4O2S. The molecule has 2 aromatic carbocycles. The molecule has 0 aliphatic heterocycles. The van der Waals surface area contributed by atoms with Crippen LogP contribution < -0.4 is 10.1 Å². The van der Waals surface area contributed by atoms with E-state index in [1.165, 1.54) is 11.3 Å². The van der Waals surface area contributed by atoms with E-state index in [-0.39, 0.29) is 5.91 Å². The smallest absolute Gasteiger partial charge is 0.256 e. The lowest BCUT2D eigenvalue weighted by molar-refractivity contribution is 0.102. The quantitative estimate of drug-likeness (QED) is 0.573. The number of anilines is 1. The molecule has 0 fully saturated rings. The summed E-state index contributed by atoms with van der Waals surface area (Å²) in [6.45, 7) is 3.87. The molecule has 0 aliphatic rings. The predicted octanol–water partition coefficient (Wildman–Crippen LogP) is 4.36. The van der Waals surface area contributed by atoms with Gasteiger partial charge in [-0.15, -0.1) is 0 Å². The van der Waals surface area contributed by atoms with Crippen LogP contribution in [0, 0.1) is 13.8 Å². The van der Waals surface area contributed by atoms with Gasteiger partial charge in [0.15, 0.2) is 0 Å². The monoisotopic (exact) mass is 378 g/mol. The number of rotatable bonds is 4. The maximum absolute atomic E-state index is 12.6. The van der Waals surface area contributed by atoms with Crippen molar-refractivity contribution < 1.29 is 9.53 Å². The van der Waals surface area contributed by atoms with Gasteiger partial charge in [0.1, 0.15) is 11.6 Å². The van der Waals surface area contributed by atoms with Gasteiger partial charge in [0.05, 0.1) is 23.0 Å². The number of hydrogen-bond acceptors (Lipinski definition) is 5. The van der Waals surface area contributed by atoms with Crippen molar-refractivity contribution in [3.63, 3.8) is 0 Å². The maximum atomic E-state index is 12.6. The van der Waals surface area contributed by atoms with Crippen molar-refractivity contribution in [1.82, 2.24) is 14.8 Å². The number of ether oxygens (including phenoxy) is 1. The highest BCUT2D eigenvalue weighted by Crippen LogP contribution is 2.29. The standard InChI is InChI=1S/C20H18N4O2S/c1-12-4-6-14(7-5-12)19(25)22-18-10-13(2)23-24(18)20-21-16-11-15(26-3)8-9-17(16)27-20/h4-11H,1-3H3,(H,22,25). The normalized spacial score (nSPS) is 10.9. The lowest BCUT2D eigenvalue weighted by atomic mass is 10.1. The molecule has 0 radical (unpaired) electrons. The van der Waals surface area contributed by atoms with Crippen LogP contribution in [-0.2, 0) is 0 Å². The van der Waals surface area contributed by atoms with Crippen molar-refractivity contribution in [3.8, 4) is 10.9 Å². The fraction of sp³-hybridized carbons (Fsp3) is 0.150. The van der Waals surface area contributed by atoms with E-state index in [4.69, 9.17) is 4.74 Å². The topological polar surface area (TPSA) is 69.0 Å². The van der Waals surface area contributed by atoms with Gasteiger partial charge in [-0.25, -0.2) is 4.98 Å². The molecule has 136 valence electrons. The Balaban J connectivity index is 1.68. The van der Waals surface area contributed by atoms with Crippen molar-refractivity contribution >= 4 is 33.3 Å². The van der Waals surface area contributed by atoms with Gasteiger partial charge in [0.2, 0.25) is 5.13 Å². The first-order chi connectivity index (χ1) is 13.0. The van der Waals surface area contributed by atoms with E-state index >= 15 is 0 Å². The second kappa shape index (κ2) is 6.85. The fourth-order valence-corrected chi connectivity index (χ4v) is 3.65. The number of aromatic nitrogens is 3. The fourth-order valence-electron chi connectivity index (χ4n) is 2.74. The molecule has 0 atom stereocenters. The van der Waals surface area contributed by atoms with E-state index < -0.39 is 0 Å². The number of aryl methyl sites for hydroxylation is 2. The van der Waals surface area contributed by atoms with Crippen LogP contribution in [0.5, 0.6) is 5.75 Å². The Morgan fingerprint density at radius 1 is 1.11 bits per heavy atom. The predicted molar refractivity (Wildman–Crippen MR) is 107 cm³/mol. The minimum Gasteiger partial charge on any atom is -0.497 e. The van der Waals surface area contributed by atoms with E-state index in [1.54, 1.807) is 11.8 Å². The van der Waals surface area contributed by atoms with Gasteiger partial charge >= 0.3 is 0 Å². The Morgan fingerprint density at radius 2 is 1.89 bits per heavy atom. The van der Waals surface area contributed by atoms with Crippen LogP contribution in [0.3, 0.4) is 0 Å². The average molecular weight is 378 g/mol. The summed E-state index contributed by atoms with van der Waals surface area (Å²) in [4.78, 5) is 17.2. The summed E-state index contributed by atoms with van der Waals surface area (Å²) in [5, 5.41) is 8.12. The molecule has 4 aromatic rings. The van der Waals surface area contributed by atoms with Crippen LogP contribution in [0.2, 0.25) is 0 Å². The highest BCUT2D eigenvalue weighted by Gasteiger charge is 2.15. The van der Waals surface area contributed by atoms with Gasteiger partial charge in [-0.1, -0.05) is 29.0 Å². The first kappa shape index (κ1) is 17.2. The van der Waals surface area contributed by atoms with E-state index in [2.05, 4.69) is 15.4 Å². The van der Waals surface area contributed by atoms with Gasteiger partial charge in [-0.3, -0.25) is 4.79 Å². The van der Waals surface area contributed by atoms with E-state index in [0.29, 0.717) is 16.5 Å². The molecule has 0 spiro atoms. The van der Waals surface area contributed by atoms with Gasteiger partial charge in [0, 0.05) is 17.7 Å². The summed E-state index contributed by atoms with van der Waals surface area (Å²) in [7, 11) is 1.63. The SMILES string of the molecule is COc1ccc2sc(-n3nc(C)cc3NC(=O)c3ccc(C)cc3)nc2c1. The van der Waals surface area contributed by atoms with Gasteiger partial charge < -0.3 is 10.1 Å². The molecular weight excluding hydrogens is 360 g/mol. The van der Waals surface area contributed by atoms with Crippen molar-refractivity contribution in [1.29, 1.82) is 0 Å². The first-order valence-electron chi connectivity index (χ1n) is 8.43. The van der Waals surface area contributed by atoms with Crippen LogP contribution in [0.4, 0.5) is 5.82 Å². The zero-order valence-corrected chi connectivity index (χ0v) is 16.0. The lowest BCUT2D eigenvalue weighted by Gasteiger charge is -2.06. The van der Waals surface area contributed by atoms with Crippen molar-refractivity contribution in [2.75, 3.05) is 12.4 Å². The summed E-state index contributed by atoms with van der Waals surface area (Å²) in [5.41, 5.74) is 3.33. The number of nitrogens with one attached hydrogen (secondary N) is 1. The number of fused-ring (bicyclic) bond motifs is 1. The molecule has 7 heteroatoms. The number of carbonyl (C=O) groups excluding carboxylic acids is 1. The molecule has 0 unspecified atom stereocenters. The molecule has 1 N–H and O–H groups in total. The third kappa shape index (κ3) is 3.41. The number of methoxy groups -OCH3 is 1. The third-order valence-corrected chi connectivity index (χ3v) is 5.16. The van der Waals surface area contributed by atoms with Crippen LogP contribution in [-0.4, -0.2) is 27.8 Å². The zero-order valence-electron chi connectivity index (χ0n) is 15.2. The largest absolute Gasteiger partial charge is 0.497 e. The van der Waals surface area contributed by atoms with Gasteiger partial charge in [0.25, 0.3) is 5.91 Å². The van der Waals surface area contributed by atoms with Crippen molar-refractivity contribution in [2.24, 2.45) is 0 Å². The molecule has 6 nitrogen and oxygen atoms in total. The number of amides is 1. The van der Waals surface area contributed by atoms with Gasteiger partial charge in [-0.05, 0) is 38.1 Å². The van der Waals surface area contributed by atoms with Crippen LogP contribution in [0.15, 0.2) is 48.5 Å². The Labute approximate surface area is 160 Å². The Kier molecular flexibility index (Phi) is 4.37. The van der Waals surface area contributed by atoms with Crippen LogP contribution in [0.25, 0.3) is 15.3 Å². The maximum Gasteiger partial charge on any atom is 0.256 e. The second-order valence-electron chi connectivity index (χ2n) is 6.23. The summed E-state index contributed by atoms with van der Waals surface area (Å²) < 4.78 is 7.95. The van der Waals surface area contributed by atoms with Crippen molar-refractivity contribution in [2.45, 2.75) is 13.8 Å². The minimum atomic E-state index is -0.182. The minimum absolute atomic E-state index is 0.182. The van der Waals surface area contributed by atoms with E-state index in [1.807, 2.05) is 62.4 Å². The molecule has 0 aliphatic carbocycles. The second-order valence-corrected chi connectivity index (χ2v) is 7.24. The summed E-state index contributed by atoms with van der Waals surface area (Å²) in [6.07, 6.45) is 0. The van der Waals surface area contributed by atoms with E-state index in [9.17, 15) is 4.79 Å². The number of benzene rings is 2. The lowest BCUT2D eigenvalue weighted by Crippen LogP contribution is -2.15. The molecule has 0 bridgehead atoms. The molecule has 0 saturated carbocycles. The van der Waals surface area contributed by atoms with Crippen LogP contribution in [0.1, 0.15) is 21.6 Å². The van der Waals surface area contributed by atoms with E-state index in [0.717, 1.165) is 27.2 Å². The molecule has 1 amide bonds. The Bertz CT molecular complexity index is 1130. The highest BCUT2D eigenvalue weighted by atomic mass is 32.1. The third-order valence-electron chi connectivity index (χ3n) is 4.15.